The SMILES string of the molecule is C[C@@H](O)[C@@H](C(=O)NCc1ccccc1)N1CC2(CCCN2Cc2ccccc2)C1CS. The predicted molar refractivity (Wildman–Crippen MR) is 127 cm³/mol. The Bertz CT molecular complexity index is 864. The second-order valence-electron chi connectivity index (χ2n) is 8.87. The highest BCUT2D eigenvalue weighted by Gasteiger charge is 2.60. The van der Waals surface area contributed by atoms with Crippen LogP contribution in [0.25, 0.3) is 0 Å². The van der Waals surface area contributed by atoms with Gasteiger partial charge in [-0.2, -0.15) is 12.6 Å². The molecule has 4 atom stereocenters. The molecular weight excluding hydrogens is 406 g/mol. The second-order valence-corrected chi connectivity index (χ2v) is 9.24. The first-order valence-electron chi connectivity index (χ1n) is 11.2. The van der Waals surface area contributed by atoms with E-state index in [2.05, 4.69) is 52.0 Å². The Morgan fingerprint density at radius 1 is 1.16 bits per heavy atom. The molecule has 31 heavy (non-hydrogen) atoms. The van der Waals surface area contributed by atoms with E-state index in [0.29, 0.717) is 12.3 Å². The van der Waals surface area contributed by atoms with Gasteiger partial charge in [-0.3, -0.25) is 14.6 Å². The van der Waals surface area contributed by atoms with Crippen LogP contribution in [-0.4, -0.2) is 63.4 Å². The number of rotatable bonds is 8. The van der Waals surface area contributed by atoms with E-state index < -0.39 is 12.1 Å². The fourth-order valence-electron chi connectivity index (χ4n) is 5.38. The molecule has 2 aromatic rings. The number of likely N-dealkylation sites (tertiary alicyclic amines) is 2. The third-order valence-electron chi connectivity index (χ3n) is 6.93. The standard InChI is InChI=1S/C25H33N3O2S/c1-19(29)23(24(30)26-15-20-9-4-2-5-10-20)28-18-25(22(28)17-31)13-8-14-27(25)16-21-11-6-3-7-12-21/h2-7,9-12,19,22-23,29,31H,8,13-18H2,1H3,(H,26,30)/t19-,22?,23+,25?/m1/s1. The average Bonchev–Trinajstić information content (AvgIpc) is 3.18. The molecule has 166 valence electrons. The topological polar surface area (TPSA) is 55.8 Å². The van der Waals surface area contributed by atoms with Crippen molar-refractivity contribution in [3.05, 3.63) is 71.8 Å². The smallest absolute Gasteiger partial charge is 0.240 e. The van der Waals surface area contributed by atoms with Gasteiger partial charge >= 0.3 is 0 Å². The lowest BCUT2D eigenvalue weighted by Gasteiger charge is -2.61. The first kappa shape index (κ1) is 22.3. The normalized spacial score (nSPS) is 25.8. The number of amides is 1. The Kier molecular flexibility index (Phi) is 7.02. The monoisotopic (exact) mass is 439 g/mol. The third kappa shape index (κ3) is 4.53. The van der Waals surface area contributed by atoms with Crippen LogP contribution in [0.4, 0.5) is 0 Å². The Morgan fingerprint density at radius 3 is 2.42 bits per heavy atom. The minimum Gasteiger partial charge on any atom is -0.391 e. The lowest BCUT2D eigenvalue weighted by molar-refractivity contribution is -0.153. The lowest BCUT2D eigenvalue weighted by Crippen LogP contribution is -2.79. The van der Waals surface area contributed by atoms with Crippen LogP contribution in [0.2, 0.25) is 0 Å². The summed E-state index contributed by atoms with van der Waals surface area (Å²) in [6.45, 7) is 4.95. The summed E-state index contributed by atoms with van der Waals surface area (Å²) in [7, 11) is 0. The van der Waals surface area contributed by atoms with E-state index in [1.165, 1.54) is 5.56 Å². The summed E-state index contributed by atoms with van der Waals surface area (Å²) in [4.78, 5) is 17.8. The van der Waals surface area contributed by atoms with E-state index in [0.717, 1.165) is 38.0 Å². The van der Waals surface area contributed by atoms with Gasteiger partial charge < -0.3 is 10.4 Å². The number of thiol groups is 1. The first-order chi connectivity index (χ1) is 15.0. The van der Waals surface area contributed by atoms with Gasteiger partial charge in [0.05, 0.1) is 11.6 Å². The number of carbonyl (C=O) groups is 1. The van der Waals surface area contributed by atoms with Crippen molar-refractivity contribution in [2.45, 2.75) is 56.6 Å². The van der Waals surface area contributed by atoms with E-state index in [1.807, 2.05) is 36.4 Å². The molecule has 6 heteroatoms. The number of benzene rings is 2. The maximum Gasteiger partial charge on any atom is 0.240 e. The lowest BCUT2D eigenvalue weighted by atomic mass is 9.76. The molecule has 2 saturated heterocycles. The summed E-state index contributed by atoms with van der Waals surface area (Å²) >= 11 is 4.68. The van der Waals surface area contributed by atoms with Crippen LogP contribution in [0.1, 0.15) is 30.9 Å². The van der Waals surface area contributed by atoms with Crippen molar-refractivity contribution in [3.8, 4) is 0 Å². The highest BCUT2D eigenvalue weighted by molar-refractivity contribution is 7.80. The van der Waals surface area contributed by atoms with Crippen LogP contribution in [0.15, 0.2) is 60.7 Å². The molecule has 2 aliphatic rings. The van der Waals surface area contributed by atoms with Gasteiger partial charge in [-0.05, 0) is 37.4 Å². The van der Waals surface area contributed by atoms with Crippen LogP contribution in [0.5, 0.6) is 0 Å². The van der Waals surface area contributed by atoms with Crippen molar-refractivity contribution < 1.29 is 9.90 Å². The van der Waals surface area contributed by atoms with E-state index in [4.69, 9.17) is 0 Å². The largest absolute Gasteiger partial charge is 0.391 e. The molecule has 5 nitrogen and oxygen atoms in total. The van der Waals surface area contributed by atoms with E-state index >= 15 is 0 Å². The van der Waals surface area contributed by atoms with Crippen LogP contribution >= 0.6 is 12.6 Å². The second kappa shape index (κ2) is 9.74. The fraction of sp³-hybridized carbons (Fsp3) is 0.480. The minimum absolute atomic E-state index is 0.0322. The summed E-state index contributed by atoms with van der Waals surface area (Å²) in [5.74, 6) is 0.550. The van der Waals surface area contributed by atoms with Crippen molar-refractivity contribution >= 4 is 18.5 Å². The number of nitrogens with zero attached hydrogens (tertiary/aromatic N) is 2. The molecule has 1 spiro atoms. The zero-order chi connectivity index (χ0) is 21.8. The summed E-state index contributed by atoms with van der Waals surface area (Å²) < 4.78 is 0. The Morgan fingerprint density at radius 2 is 1.81 bits per heavy atom. The summed E-state index contributed by atoms with van der Waals surface area (Å²) in [6, 6.07) is 20.0. The van der Waals surface area contributed by atoms with Gasteiger partial charge in [-0.25, -0.2) is 0 Å². The molecular formula is C25H33N3O2S. The zero-order valence-corrected chi connectivity index (χ0v) is 19.0. The summed E-state index contributed by atoms with van der Waals surface area (Å²) in [6.07, 6.45) is 1.52. The van der Waals surface area contributed by atoms with Crippen LogP contribution in [0.3, 0.4) is 0 Å². The number of aliphatic hydroxyl groups excluding tert-OH is 1. The molecule has 0 aliphatic carbocycles. The zero-order valence-electron chi connectivity index (χ0n) is 18.2. The molecule has 0 radical (unpaired) electrons. The van der Waals surface area contributed by atoms with Crippen LogP contribution < -0.4 is 5.32 Å². The van der Waals surface area contributed by atoms with Crippen LogP contribution in [0, 0.1) is 0 Å². The maximum atomic E-state index is 13.1. The Labute approximate surface area is 190 Å². The Hall–Kier alpha value is -1.86. The highest BCUT2D eigenvalue weighted by atomic mass is 32.1. The fourth-order valence-corrected chi connectivity index (χ4v) is 5.93. The molecule has 2 aromatic carbocycles. The van der Waals surface area contributed by atoms with Gasteiger partial charge in [0.2, 0.25) is 5.91 Å². The molecule has 4 rings (SSSR count). The number of hydrogen-bond donors (Lipinski definition) is 3. The van der Waals surface area contributed by atoms with Gasteiger partial charge in [0, 0.05) is 31.4 Å². The number of carbonyl (C=O) groups excluding carboxylic acids is 1. The molecule has 0 aromatic heterocycles. The van der Waals surface area contributed by atoms with Crippen molar-refractivity contribution in [1.29, 1.82) is 0 Å². The first-order valence-corrected chi connectivity index (χ1v) is 11.8. The molecule has 2 aliphatic heterocycles. The number of nitrogens with one attached hydrogen (secondary N) is 1. The summed E-state index contributed by atoms with van der Waals surface area (Å²) in [5.41, 5.74) is 2.40. The van der Waals surface area contributed by atoms with Crippen LogP contribution in [-0.2, 0) is 17.9 Å². The van der Waals surface area contributed by atoms with Crippen molar-refractivity contribution in [1.82, 2.24) is 15.1 Å². The van der Waals surface area contributed by atoms with Gasteiger partial charge in [-0.1, -0.05) is 60.7 Å². The summed E-state index contributed by atoms with van der Waals surface area (Å²) in [5, 5.41) is 13.5. The van der Waals surface area contributed by atoms with Gasteiger partial charge in [0.25, 0.3) is 0 Å². The average molecular weight is 440 g/mol. The van der Waals surface area contributed by atoms with E-state index in [9.17, 15) is 9.90 Å². The molecule has 0 bridgehead atoms. The highest BCUT2D eigenvalue weighted by Crippen LogP contribution is 2.45. The quantitative estimate of drug-likeness (QED) is 0.554. The number of hydrogen-bond acceptors (Lipinski definition) is 5. The molecule has 1 amide bonds. The molecule has 0 saturated carbocycles. The molecule has 2 heterocycles. The van der Waals surface area contributed by atoms with Gasteiger partial charge in [-0.15, -0.1) is 0 Å². The van der Waals surface area contributed by atoms with E-state index in [-0.39, 0.29) is 17.5 Å². The van der Waals surface area contributed by atoms with E-state index in [1.54, 1.807) is 6.92 Å². The maximum absolute atomic E-state index is 13.1. The third-order valence-corrected chi connectivity index (χ3v) is 7.27. The van der Waals surface area contributed by atoms with Gasteiger partial charge in [0.1, 0.15) is 6.04 Å². The van der Waals surface area contributed by atoms with Crippen molar-refractivity contribution in [2.24, 2.45) is 0 Å². The van der Waals surface area contributed by atoms with Crippen molar-refractivity contribution in [2.75, 3.05) is 18.8 Å². The molecule has 2 unspecified atom stereocenters. The predicted octanol–water partition coefficient (Wildman–Crippen LogP) is 2.70. The van der Waals surface area contributed by atoms with Gasteiger partial charge in [0.15, 0.2) is 0 Å². The minimum atomic E-state index is -0.750. The molecule has 2 fully saturated rings. The van der Waals surface area contributed by atoms with Crippen molar-refractivity contribution in [3.63, 3.8) is 0 Å². The number of aliphatic hydroxyl groups is 1. The molecule has 2 N–H and O–H groups in total. The Balaban J connectivity index is 1.46.